The normalized spacial score (nSPS) is 11.0. The number of hydrogen-bond acceptors (Lipinski definition) is 4. The molecule has 0 aliphatic heterocycles. The molecule has 2 aromatic carbocycles. The van der Waals surface area contributed by atoms with Gasteiger partial charge in [0.25, 0.3) is 0 Å². The number of nitrogens with one attached hydrogen (secondary N) is 3. The van der Waals surface area contributed by atoms with Gasteiger partial charge in [0.2, 0.25) is 11.9 Å². The molecule has 148 valence electrons. The first-order chi connectivity index (χ1) is 14.1. The molecule has 1 aromatic heterocycles. The predicted octanol–water partition coefficient (Wildman–Crippen LogP) is 4.09. The van der Waals surface area contributed by atoms with Gasteiger partial charge in [0.15, 0.2) is 5.11 Å². The SMILES string of the molecule is Cc1cc(C)nc(NC(=NCCc2ccccc2)NC(=S)Nc2ccccc2)n1. The number of para-hydroxylation sites is 1. The monoisotopic (exact) mass is 404 g/mol. The van der Waals surface area contributed by atoms with Gasteiger partial charge >= 0.3 is 0 Å². The van der Waals surface area contributed by atoms with Crippen molar-refractivity contribution >= 4 is 34.9 Å². The summed E-state index contributed by atoms with van der Waals surface area (Å²) in [6, 6.07) is 21.9. The molecule has 3 aromatic rings. The van der Waals surface area contributed by atoms with Gasteiger partial charge in [0.05, 0.1) is 0 Å². The summed E-state index contributed by atoms with van der Waals surface area (Å²) in [5.41, 5.74) is 3.89. The van der Waals surface area contributed by atoms with E-state index in [1.54, 1.807) is 0 Å². The molecule has 0 fully saturated rings. The summed E-state index contributed by atoms with van der Waals surface area (Å²) >= 11 is 5.44. The van der Waals surface area contributed by atoms with Crippen LogP contribution in [0.25, 0.3) is 0 Å². The van der Waals surface area contributed by atoms with Crippen LogP contribution in [0.2, 0.25) is 0 Å². The van der Waals surface area contributed by atoms with Gasteiger partial charge in [0, 0.05) is 23.6 Å². The summed E-state index contributed by atoms with van der Waals surface area (Å²) in [4.78, 5) is 13.5. The van der Waals surface area contributed by atoms with Gasteiger partial charge in [-0.05, 0) is 56.2 Å². The largest absolute Gasteiger partial charge is 0.332 e. The molecule has 0 saturated heterocycles. The second-order valence-electron chi connectivity index (χ2n) is 6.51. The molecule has 0 aliphatic carbocycles. The van der Waals surface area contributed by atoms with Gasteiger partial charge in [-0.15, -0.1) is 0 Å². The number of benzene rings is 2. The number of aromatic nitrogens is 2. The Morgan fingerprint density at radius 1 is 0.897 bits per heavy atom. The lowest BCUT2D eigenvalue weighted by molar-refractivity contribution is 0.956. The highest BCUT2D eigenvalue weighted by Gasteiger charge is 2.07. The highest BCUT2D eigenvalue weighted by Crippen LogP contribution is 2.06. The van der Waals surface area contributed by atoms with E-state index in [9.17, 15) is 0 Å². The van der Waals surface area contributed by atoms with Crippen molar-refractivity contribution in [2.75, 3.05) is 17.2 Å². The van der Waals surface area contributed by atoms with Gasteiger partial charge in [-0.3, -0.25) is 10.3 Å². The van der Waals surface area contributed by atoms with Gasteiger partial charge in [-0.25, -0.2) is 9.97 Å². The van der Waals surface area contributed by atoms with Crippen molar-refractivity contribution in [3.05, 3.63) is 83.7 Å². The van der Waals surface area contributed by atoms with Crippen LogP contribution in [-0.2, 0) is 6.42 Å². The molecule has 7 heteroatoms. The lowest BCUT2D eigenvalue weighted by atomic mass is 10.2. The second kappa shape index (κ2) is 10.3. The van der Waals surface area contributed by atoms with Crippen LogP contribution < -0.4 is 16.0 Å². The van der Waals surface area contributed by atoms with Gasteiger partial charge in [-0.2, -0.15) is 0 Å². The molecule has 0 atom stereocenters. The molecule has 0 bridgehead atoms. The van der Waals surface area contributed by atoms with E-state index in [2.05, 4.69) is 43.0 Å². The van der Waals surface area contributed by atoms with Crippen LogP contribution in [0.5, 0.6) is 0 Å². The maximum Gasteiger partial charge on any atom is 0.229 e. The van der Waals surface area contributed by atoms with Crippen LogP contribution >= 0.6 is 12.2 Å². The number of thiocarbonyl (C=S) groups is 1. The van der Waals surface area contributed by atoms with Crippen LogP contribution in [0.4, 0.5) is 11.6 Å². The molecule has 0 amide bonds. The predicted molar refractivity (Wildman–Crippen MR) is 123 cm³/mol. The first-order valence-corrected chi connectivity index (χ1v) is 9.80. The fourth-order valence-corrected chi connectivity index (χ4v) is 2.95. The number of hydrogen-bond donors (Lipinski definition) is 3. The molecule has 3 N–H and O–H groups in total. The maximum atomic E-state index is 5.44. The molecule has 0 spiro atoms. The van der Waals surface area contributed by atoms with Crippen molar-refractivity contribution in [2.45, 2.75) is 20.3 Å². The van der Waals surface area contributed by atoms with E-state index in [0.717, 1.165) is 23.5 Å². The average Bonchev–Trinajstić information content (AvgIpc) is 2.68. The average molecular weight is 405 g/mol. The number of anilines is 2. The number of nitrogens with zero attached hydrogens (tertiary/aromatic N) is 3. The van der Waals surface area contributed by atoms with Gasteiger partial charge in [-0.1, -0.05) is 48.5 Å². The summed E-state index contributed by atoms with van der Waals surface area (Å²) in [6.45, 7) is 4.46. The maximum absolute atomic E-state index is 5.44. The molecular weight excluding hydrogens is 380 g/mol. The summed E-state index contributed by atoms with van der Waals surface area (Å²) in [5.74, 6) is 0.982. The fraction of sp³-hybridized carbons (Fsp3) is 0.182. The topological polar surface area (TPSA) is 74.2 Å². The minimum absolute atomic E-state index is 0.437. The Hall–Kier alpha value is -3.32. The first kappa shape index (κ1) is 20.4. The Labute approximate surface area is 176 Å². The Morgan fingerprint density at radius 2 is 1.52 bits per heavy atom. The molecule has 29 heavy (non-hydrogen) atoms. The molecule has 6 nitrogen and oxygen atoms in total. The van der Waals surface area contributed by atoms with Crippen molar-refractivity contribution < 1.29 is 0 Å². The number of aryl methyl sites for hydroxylation is 2. The third-order valence-corrected chi connectivity index (χ3v) is 4.19. The fourth-order valence-electron chi connectivity index (χ4n) is 2.73. The molecular formula is C22H24N6S. The van der Waals surface area contributed by atoms with Crippen LogP contribution in [0.1, 0.15) is 17.0 Å². The molecule has 0 saturated carbocycles. The van der Waals surface area contributed by atoms with Crippen molar-refractivity contribution in [3.63, 3.8) is 0 Å². The number of aliphatic imine (C=N–C) groups is 1. The minimum Gasteiger partial charge on any atom is -0.332 e. The zero-order chi connectivity index (χ0) is 20.5. The Bertz CT molecular complexity index is 953. The molecule has 1 heterocycles. The third kappa shape index (κ3) is 6.97. The molecule has 0 radical (unpaired) electrons. The lowest BCUT2D eigenvalue weighted by Gasteiger charge is -2.14. The Morgan fingerprint density at radius 3 is 2.17 bits per heavy atom. The zero-order valence-corrected chi connectivity index (χ0v) is 17.3. The van der Waals surface area contributed by atoms with Crippen molar-refractivity contribution in [3.8, 4) is 0 Å². The second-order valence-corrected chi connectivity index (χ2v) is 6.92. The quantitative estimate of drug-likeness (QED) is 0.338. The van der Waals surface area contributed by atoms with Crippen LogP contribution in [-0.4, -0.2) is 27.6 Å². The van der Waals surface area contributed by atoms with E-state index in [1.165, 1.54) is 5.56 Å². The van der Waals surface area contributed by atoms with Crippen LogP contribution in [0.15, 0.2) is 71.7 Å². The van der Waals surface area contributed by atoms with Crippen LogP contribution in [0, 0.1) is 13.8 Å². The highest BCUT2D eigenvalue weighted by atomic mass is 32.1. The highest BCUT2D eigenvalue weighted by molar-refractivity contribution is 7.80. The van der Waals surface area contributed by atoms with E-state index in [0.29, 0.717) is 23.6 Å². The summed E-state index contributed by atoms with van der Waals surface area (Å²) in [5, 5.41) is 9.86. The van der Waals surface area contributed by atoms with E-state index >= 15 is 0 Å². The van der Waals surface area contributed by atoms with Crippen molar-refractivity contribution in [1.29, 1.82) is 0 Å². The first-order valence-electron chi connectivity index (χ1n) is 9.39. The van der Waals surface area contributed by atoms with Gasteiger partial charge < -0.3 is 10.6 Å². The van der Waals surface area contributed by atoms with E-state index in [-0.39, 0.29) is 0 Å². The smallest absolute Gasteiger partial charge is 0.229 e. The summed E-state index contributed by atoms with van der Waals surface area (Å²) in [6.07, 6.45) is 0.820. The van der Waals surface area contributed by atoms with Gasteiger partial charge in [0.1, 0.15) is 0 Å². The third-order valence-electron chi connectivity index (χ3n) is 3.99. The molecule has 0 unspecified atom stereocenters. The van der Waals surface area contributed by atoms with E-state index in [1.807, 2.05) is 68.4 Å². The van der Waals surface area contributed by atoms with Crippen LogP contribution in [0.3, 0.4) is 0 Å². The standard InChI is InChI=1S/C22H24N6S/c1-16-15-17(2)25-21(24-16)27-20(23-14-13-18-9-5-3-6-10-18)28-22(29)26-19-11-7-4-8-12-19/h3-12,15H,13-14H2,1-2H3,(H3,23,24,25,26,27,28,29). The van der Waals surface area contributed by atoms with Crippen molar-refractivity contribution in [2.24, 2.45) is 4.99 Å². The summed E-state index contributed by atoms with van der Waals surface area (Å²) in [7, 11) is 0. The van der Waals surface area contributed by atoms with E-state index in [4.69, 9.17) is 12.2 Å². The Balaban J connectivity index is 1.70. The Kier molecular flexibility index (Phi) is 7.24. The minimum atomic E-state index is 0.437. The zero-order valence-electron chi connectivity index (χ0n) is 16.5. The number of guanidine groups is 1. The number of rotatable bonds is 5. The lowest BCUT2D eigenvalue weighted by Crippen LogP contribution is -2.39. The molecule has 0 aliphatic rings. The van der Waals surface area contributed by atoms with E-state index < -0.39 is 0 Å². The van der Waals surface area contributed by atoms with Crippen molar-refractivity contribution in [1.82, 2.24) is 15.3 Å². The molecule has 3 rings (SSSR count). The summed E-state index contributed by atoms with van der Waals surface area (Å²) < 4.78 is 0.